The third kappa shape index (κ3) is 18.2. The normalized spacial score (nSPS) is 11.4. The molecule has 0 spiro atoms. The first-order valence-corrected chi connectivity index (χ1v) is 9.44. The second-order valence-electron chi connectivity index (χ2n) is 7.27. The number of halogens is 1. The fourth-order valence-electron chi connectivity index (χ4n) is 2.93. The maximum absolute atomic E-state index is 2.42. The largest absolute Gasteiger partial charge is 1.00 e. The van der Waals surface area contributed by atoms with E-state index in [1.165, 1.54) is 101 Å². The van der Waals surface area contributed by atoms with E-state index in [9.17, 15) is 0 Å². The maximum atomic E-state index is 2.42. The fraction of sp³-hybridized carbons (Fsp3) is 1.00. The maximum Gasteiger partial charge on any atom is 0.0782 e. The number of hydrogen-bond donors (Lipinski definition) is 0. The Bertz CT molecular complexity index is 192. The van der Waals surface area contributed by atoms with Gasteiger partial charge in [0.05, 0.1) is 27.2 Å². The number of hydrogen-bond acceptors (Lipinski definition) is 0. The van der Waals surface area contributed by atoms with Gasteiger partial charge in [-0.05, 0) is 25.7 Å². The Morgan fingerprint density at radius 2 is 0.762 bits per heavy atom. The average Bonchev–Trinajstić information content (AvgIpc) is 2.41. The van der Waals surface area contributed by atoms with Crippen molar-refractivity contribution < 1.29 is 16.9 Å². The van der Waals surface area contributed by atoms with Crippen LogP contribution in [0.1, 0.15) is 97.3 Å². The van der Waals surface area contributed by atoms with Crippen LogP contribution in [0, 0.1) is 0 Å². The Morgan fingerprint density at radius 3 is 1.10 bits per heavy atom. The Balaban J connectivity index is 0. The molecule has 0 saturated heterocycles. The van der Waals surface area contributed by atoms with Gasteiger partial charge in [0.25, 0.3) is 0 Å². The van der Waals surface area contributed by atoms with Crippen LogP contribution in [-0.4, -0.2) is 31.7 Å². The molecule has 0 aromatic rings. The zero-order chi connectivity index (χ0) is 15.1. The SMILES string of the molecule is CCCCCCCCCC[N+](C)(C)CCCCCCC.[Cl-]. The summed E-state index contributed by atoms with van der Waals surface area (Å²) in [5, 5.41) is 0. The highest BCUT2D eigenvalue weighted by atomic mass is 35.5. The van der Waals surface area contributed by atoms with Gasteiger partial charge in [-0.15, -0.1) is 0 Å². The summed E-state index contributed by atoms with van der Waals surface area (Å²) in [5.74, 6) is 0. The molecular formula is C19H42ClN. The van der Waals surface area contributed by atoms with Crippen molar-refractivity contribution in [2.24, 2.45) is 0 Å². The second kappa shape index (κ2) is 16.6. The summed E-state index contributed by atoms with van der Waals surface area (Å²) in [7, 11) is 4.84. The van der Waals surface area contributed by atoms with Crippen LogP contribution in [0.15, 0.2) is 0 Å². The van der Waals surface area contributed by atoms with E-state index in [-0.39, 0.29) is 12.4 Å². The quantitative estimate of drug-likeness (QED) is 0.321. The van der Waals surface area contributed by atoms with Gasteiger partial charge in [-0.3, -0.25) is 0 Å². The highest BCUT2D eigenvalue weighted by Crippen LogP contribution is 2.11. The van der Waals surface area contributed by atoms with Crippen molar-refractivity contribution in [1.82, 2.24) is 0 Å². The molecule has 0 rings (SSSR count). The number of rotatable bonds is 15. The van der Waals surface area contributed by atoms with Gasteiger partial charge in [0, 0.05) is 0 Å². The standard InChI is InChI=1S/C19H42N.ClH/c1-5-7-9-11-12-13-15-17-19-20(3,4)18-16-14-10-8-6-2;/h5-19H2,1-4H3;1H/q+1;/p-1. The second-order valence-corrected chi connectivity index (χ2v) is 7.27. The van der Waals surface area contributed by atoms with E-state index in [1.54, 1.807) is 0 Å². The Labute approximate surface area is 141 Å². The summed E-state index contributed by atoms with van der Waals surface area (Å²) in [6.45, 7) is 7.34. The molecule has 0 aliphatic rings. The lowest BCUT2D eigenvalue weighted by Crippen LogP contribution is -3.00. The monoisotopic (exact) mass is 319 g/mol. The van der Waals surface area contributed by atoms with E-state index in [2.05, 4.69) is 27.9 Å². The number of quaternary nitrogens is 1. The molecule has 0 aromatic carbocycles. The van der Waals surface area contributed by atoms with Crippen molar-refractivity contribution in [3.63, 3.8) is 0 Å². The lowest BCUT2D eigenvalue weighted by Gasteiger charge is -2.30. The summed E-state index contributed by atoms with van der Waals surface area (Å²) < 4.78 is 1.24. The van der Waals surface area contributed by atoms with Gasteiger partial charge >= 0.3 is 0 Å². The van der Waals surface area contributed by atoms with E-state index in [4.69, 9.17) is 0 Å². The fourth-order valence-corrected chi connectivity index (χ4v) is 2.93. The van der Waals surface area contributed by atoms with Crippen molar-refractivity contribution in [1.29, 1.82) is 0 Å². The molecule has 0 saturated carbocycles. The van der Waals surface area contributed by atoms with Crippen LogP contribution in [0.4, 0.5) is 0 Å². The highest BCUT2D eigenvalue weighted by Gasteiger charge is 2.13. The van der Waals surface area contributed by atoms with Crippen molar-refractivity contribution in [3.8, 4) is 0 Å². The third-order valence-electron chi connectivity index (χ3n) is 4.48. The first kappa shape index (κ1) is 23.5. The van der Waals surface area contributed by atoms with E-state index < -0.39 is 0 Å². The first-order chi connectivity index (χ1) is 9.62. The molecule has 0 aromatic heterocycles. The topological polar surface area (TPSA) is 0 Å². The highest BCUT2D eigenvalue weighted by molar-refractivity contribution is 4.47. The Morgan fingerprint density at radius 1 is 0.476 bits per heavy atom. The molecule has 21 heavy (non-hydrogen) atoms. The Hall–Kier alpha value is 0.250. The molecule has 0 bridgehead atoms. The number of nitrogens with zero attached hydrogens (tertiary/aromatic N) is 1. The first-order valence-electron chi connectivity index (χ1n) is 9.44. The van der Waals surface area contributed by atoms with Crippen molar-refractivity contribution in [3.05, 3.63) is 0 Å². The summed E-state index contributed by atoms with van der Waals surface area (Å²) in [5.41, 5.74) is 0. The van der Waals surface area contributed by atoms with Crippen molar-refractivity contribution in [2.45, 2.75) is 97.3 Å². The van der Waals surface area contributed by atoms with E-state index in [1.807, 2.05) is 0 Å². The zero-order valence-electron chi connectivity index (χ0n) is 15.4. The molecule has 0 N–H and O–H groups in total. The number of unbranched alkanes of at least 4 members (excludes halogenated alkanes) is 11. The molecule has 0 aliphatic heterocycles. The van der Waals surface area contributed by atoms with Gasteiger partial charge in [0.2, 0.25) is 0 Å². The van der Waals surface area contributed by atoms with Gasteiger partial charge in [-0.25, -0.2) is 0 Å². The van der Waals surface area contributed by atoms with Gasteiger partial charge in [0.1, 0.15) is 0 Å². The third-order valence-corrected chi connectivity index (χ3v) is 4.48. The molecule has 2 heteroatoms. The van der Waals surface area contributed by atoms with Crippen LogP contribution in [-0.2, 0) is 0 Å². The van der Waals surface area contributed by atoms with E-state index in [0.29, 0.717) is 0 Å². The van der Waals surface area contributed by atoms with Crippen LogP contribution in [0.25, 0.3) is 0 Å². The van der Waals surface area contributed by atoms with Gasteiger partial charge in [0.15, 0.2) is 0 Å². The Kier molecular flexibility index (Phi) is 18.6. The smallest absolute Gasteiger partial charge is 0.0782 e. The van der Waals surface area contributed by atoms with Crippen LogP contribution >= 0.6 is 0 Å². The molecule has 1 nitrogen and oxygen atoms in total. The lowest BCUT2D eigenvalue weighted by molar-refractivity contribution is -0.890. The minimum atomic E-state index is 0. The molecule has 0 radical (unpaired) electrons. The molecule has 0 amide bonds. The summed E-state index contributed by atoms with van der Waals surface area (Å²) in [6.07, 6.45) is 18.6. The predicted molar refractivity (Wildman–Crippen MR) is 93.2 cm³/mol. The minimum Gasteiger partial charge on any atom is -1.00 e. The summed E-state index contributed by atoms with van der Waals surface area (Å²) >= 11 is 0. The summed E-state index contributed by atoms with van der Waals surface area (Å²) in [4.78, 5) is 0. The van der Waals surface area contributed by atoms with Crippen LogP contribution < -0.4 is 12.4 Å². The molecule has 0 fully saturated rings. The van der Waals surface area contributed by atoms with Crippen molar-refractivity contribution >= 4 is 0 Å². The molecular weight excluding hydrogens is 278 g/mol. The molecule has 0 heterocycles. The zero-order valence-corrected chi connectivity index (χ0v) is 16.2. The predicted octanol–water partition coefficient (Wildman–Crippen LogP) is 3.18. The van der Waals surface area contributed by atoms with E-state index in [0.717, 1.165) is 0 Å². The summed E-state index contributed by atoms with van der Waals surface area (Å²) in [6, 6.07) is 0. The van der Waals surface area contributed by atoms with Gasteiger partial charge in [-0.2, -0.15) is 0 Å². The molecule has 130 valence electrons. The molecule has 0 aliphatic carbocycles. The van der Waals surface area contributed by atoms with Crippen LogP contribution in [0.2, 0.25) is 0 Å². The van der Waals surface area contributed by atoms with Gasteiger partial charge < -0.3 is 16.9 Å². The average molecular weight is 320 g/mol. The minimum absolute atomic E-state index is 0. The van der Waals surface area contributed by atoms with Crippen LogP contribution in [0.3, 0.4) is 0 Å². The molecule has 0 atom stereocenters. The van der Waals surface area contributed by atoms with E-state index >= 15 is 0 Å². The molecule has 0 unspecified atom stereocenters. The van der Waals surface area contributed by atoms with Crippen LogP contribution in [0.5, 0.6) is 0 Å². The van der Waals surface area contributed by atoms with Crippen molar-refractivity contribution in [2.75, 3.05) is 27.2 Å². The van der Waals surface area contributed by atoms with Gasteiger partial charge in [-0.1, -0.05) is 71.6 Å². The lowest BCUT2D eigenvalue weighted by atomic mass is 10.1.